The van der Waals surface area contributed by atoms with Crippen LogP contribution in [0.15, 0.2) is 66.7 Å². The van der Waals surface area contributed by atoms with Crippen LogP contribution in [0.5, 0.6) is 11.5 Å². The molecule has 36 heavy (non-hydrogen) atoms. The van der Waals surface area contributed by atoms with Crippen LogP contribution in [0.3, 0.4) is 0 Å². The SMILES string of the molecule is CC(C)Oc1ccc2c(c1)nc(-c1ccc(O[C@@H]3CCCN(C)CC3)cc1Cl)n2Cc1ccccc1. The third-order valence-electron chi connectivity index (χ3n) is 6.66. The van der Waals surface area contributed by atoms with Crippen LogP contribution < -0.4 is 9.47 Å². The van der Waals surface area contributed by atoms with Crippen molar-refractivity contribution in [3.05, 3.63) is 77.3 Å². The van der Waals surface area contributed by atoms with Gasteiger partial charge in [0.25, 0.3) is 0 Å². The lowest BCUT2D eigenvalue weighted by Crippen LogP contribution is -2.21. The highest BCUT2D eigenvalue weighted by Crippen LogP contribution is 2.35. The molecule has 0 N–H and O–H groups in total. The molecule has 0 spiro atoms. The maximum Gasteiger partial charge on any atom is 0.142 e. The Bertz CT molecular complexity index is 1320. The van der Waals surface area contributed by atoms with Gasteiger partial charge in [-0.15, -0.1) is 0 Å². The minimum absolute atomic E-state index is 0.101. The second-order valence-electron chi connectivity index (χ2n) is 9.94. The number of aromatic nitrogens is 2. The van der Waals surface area contributed by atoms with Crippen LogP contribution in [0, 0.1) is 0 Å². The van der Waals surface area contributed by atoms with Gasteiger partial charge in [-0.25, -0.2) is 4.98 Å². The first-order valence-electron chi connectivity index (χ1n) is 12.8. The number of likely N-dealkylation sites (tertiary alicyclic amines) is 1. The molecule has 3 aromatic carbocycles. The van der Waals surface area contributed by atoms with Crippen molar-refractivity contribution in [2.45, 2.75) is 51.9 Å². The number of nitrogens with zero attached hydrogens (tertiary/aromatic N) is 3. The number of halogens is 1. The molecule has 0 radical (unpaired) electrons. The van der Waals surface area contributed by atoms with E-state index in [1.54, 1.807) is 0 Å². The molecule has 1 fully saturated rings. The molecule has 1 aliphatic rings. The van der Waals surface area contributed by atoms with Crippen LogP contribution in [-0.4, -0.2) is 46.8 Å². The van der Waals surface area contributed by atoms with Crippen LogP contribution in [0.2, 0.25) is 5.02 Å². The predicted octanol–water partition coefficient (Wildman–Crippen LogP) is 7.06. The smallest absolute Gasteiger partial charge is 0.142 e. The molecule has 5 rings (SSSR count). The second kappa shape index (κ2) is 10.9. The Morgan fingerprint density at radius 3 is 2.56 bits per heavy atom. The lowest BCUT2D eigenvalue weighted by atomic mass is 10.1. The van der Waals surface area contributed by atoms with E-state index in [1.807, 2.05) is 50.2 Å². The van der Waals surface area contributed by atoms with E-state index in [0.717, 1.165) is 66.3 Å². The normalized spacial score (nSPS) is 16.9. The first kappa shape index (κ1) is 24.7. The van der Waals surface area contributed by atoms with E-state index in [1.165, 1.54) is 5.56 Å². The highest BCUT2D eigenvalue weighted by Gasteiger charge is 2.19. The Morgan fingerprint density at radius 1 is 0.972 bits per heavy atom. The van der Waals surface area contributed by atoms with E-state index >= 15 is 0 Å². The summed E-state index contributed by atoms with van der Waals surface area (Å²) in [5, 5.41) is 0.640. The van der Waals surface area contributed by atoms with E-state index in [2.05, 4.69) is 46.8 Å². The number of hydrogen-bond acceptors (Lipinski definition) is 4. The molecule has 0 bridgehead atoms. The summed E-state index contributed by atoms with van der Waals surface area (Å²) in [6, 6.07) is 22.5. The van der Waals surface area contributed by atoms with Crippen molar-refractivity contribution in [3.8, 4) is 22.9 Å². The van der Waals surface area contributed by atoms with Crippen molar-refractivity contribution in [3.63, 3.8) is 0 Å². The van der Waals surface area contributed by atoms with E-state index in [4.69, 9.17) is 26.1 Å². The average Bonchev–Trinajstić information content (AvgIpc) is 3.06. The molecule has 0 aliphatic carbocycles. The fourth-order valence-corrected chi connectivity index (χ4v) is 5.11. The molecular formula is C30H34ClN3O2. The molecule has 0 amide bonds. The maximum atomic E-state index is 6.87. The van der Waals surface area contributed by atoms with Crippen LogP contribution >= 0.6 is 11.6 Å². The van der Waals surface area contributed by atoms with Gasteiger partial charge >= 0.3 is 0 Å². The maximum absolute atomic E-state index is 6.87. The molecule has 1 atom stereocenters. The first-order valence-corrected chi connectivity index (χ1v) is 13.2. The lowest BCUT2D eigenvalue weighted by molar-refractivity contribution is 0.183. The van der Waals surface area contributed by atoms with E-state index in [9.17, 15) is 0 Å². The predicted molar refractivity (Wildman–Crippen MR) is 147 cm³/mol. The van der Waals surface area contributed by atoms with Crippen molar-refractivity contribution in [1.29, 1.82) is 0 Å². The standard InChI is InChI=1S/C30H34ClN3O2/c1-21(2)35-25-12-14-29-28(19-25)32-30(34(29)20-22-8-5-4-6-9-22)26-13-11-24(18-27(26)31)36-23-10-7-16-33(3)17-15-23/h4-6,8-9,11-14,18-19,21,23H,7,10,15-17,20H2,1-3H3/t23-/m1/s1. The number of fused-ring (bicyclic) bond motifs is 1. The number of rotatable bonds is 7. The summed E-state index contributed by atoms with van der Waals surface area (Å²) in [5.41, 5.74) is 4.03. The Morgan fingerprint density at radius 2 is 1.78 bits per heavy atom. The summed E-state index contributed by atoms with van der Waals surface area (Å²) in [5.74, 6) is 2.47. The minimum Gasteiger partial charge on any atom is -0.491 e. The van der Waals surface area contributed by atoms with Crippen molar-refractivity contribution in [2.24, 2.45) is 0 Å². The summed E-state index contributed by atoms with van der Waals surface area (Å²) >= 11 is 6.87. The van der Waals surface area contributed by atoms with Crippen LogP contribution in [0.25, 0.3) is 22.4 Å². The van der Waals surface area contributed by atoms with Gasteiger partial charge in [-0.2, -0.15) is 0 Å². The van der Waals surface area contributed by atoms with E-state index in [0.29, 0.717) is 11.6 Å². The van der Waals surface area contributed by atoms with Gasteiger partial charge in [-0.3, -0.25) is 0 Å². The Balaban J connectivity index is 1.49. The number of hydrogen-bond donors (Lipinski definition) is 0. The van der Waals surface area contributed by atoms with Crippen molar-refractivity contribution < 1.29 is 9.47 Å². The summed E-state index contributed by atoms with van der Waals surface area (Å²) < 4.78 is 14.5. The lowest BCUT2D eigenvalue weighted by Gasteiger charge is -2.18. The molecule has 0 unspecified atom stereocenters. The number of imidazole rings is 1. The average molecular weight is 504 g/mol. The molecule has 5 nitrogen and oxygen atoms in total. The molecule has 1 saturated heterocycles. The van der Waals surface area contributed by atoms with Gasteiger partial charge in [0.05, 0.1) is 28.3 Å². The third kappa shape index (κ3) is 5.69. The summed E-state index contributed by atoms with van der Waals surface area (Å²) in [6.45, 7) is 6.94. The van der Waals surface area contributed by atoms with Gasteiger partial charge in [-0.05, 0) is 82.6 Å². The van der Waals surface area contributed by atoms with Gasteiger partial charge in [-0.1, -0.05) is 41.9 Å². The highest BCUT2D eigenvalue weighted by atomic mass is 35.5. The van der Waals surface area contributed by atoms with E-state index < -0.39 is 0 Å². The topological polar surface area (TPSA) is 39.5 Å². The molecule has 4 aromatic rings. The molecule has 188 valence electrons. The van der Waals surface area contributed by atoms with Crippen LogP contribution in [-0.2, 0) is 6.54 Å². The van der Waals surface area contributed by atoms with Crippen molar-refractivity contribution >= 4 is 22.6 Å². The molecule has 2 heterocycles. The molecule has 0 saturated carbocycles. The monoisotopic (exact) mass is 503 g/mol. The Labute approximate surface area is 218 Å². The van der Waals surface area contributed by atoms with Gasteiger partial charge in [0.2, 0.25) is 0 Å². The number of benzene rings is 3. The van der Waals surface area contributed by atoms with Gasteiger partial charge in [0, 0.05) is 24.7 Å². The summed E-state index contributed by atoms with van der Waals surface area (Å²) in [6.07, 6.45) is 3.57. The zero-order valence-electron chi connectivity index (χ0n) is 21.3. The Hall–Kier alpha value is -3.02. The zero-order valence-corrected chi connectivity index (χ0v) is 22.0. The number of ether oxygens (including phenoxy) is 2. The van der Waals surface area contributed by atoms with E-state index in [-0.39, 0.29) is 12.2 Å². The van der Waals surface area contributed by atoms with Crippen LogP contribution in [0.1, 0.15) is 38.7 Å². The van der Waals surface area contributed by atoms with Crippen molar-refractivity contribution in [2.75, 3.05) is 20.1 Å². The minimum atomic E-state index is 0.101. The zero-order chi connectivity index (χ0) is 25.1. The third-order valence-corrected chi connectivity index (χ3v) is 6.97. The quantitative estimate of drug-likeness (QED) is 0.271. The second-order valence-corrected chi connectivity index (χ2v) is 10.3. The fourth-order valence-electron chi connectivity index (χ4n) is 4.86. The summed E-state index contributed by atoms with van der Waals surface area (Å²) in [7, 11) is 2.17. The first-order chi connectivity index (χ1) is 17.5. The highest BCUT2D eigenvalue weighted by molar-refractivity contribution is 6.33. The van der Waals surface area contributed by atoms with Gasteiger partial charge in [0.1, 0.15) is 17.3 Å². The molecule has 6 heteroatoms. The summed E-state index contributed by atoms with van der Waals surface area (Å²) in [4.78, 5) is 7.40. The van der Waals surface area contributed by atoms with Gasteiger partial charge < -0.3 is 18.9 Å². The molecule has 1 aliphatic heterocycles. The molecular weight excluding hydrogens is 470 g/mol. The Kier molecular flexibility index (Phi) is 7.49. The largest absolute Gasteiger partial charge is 0.491 e. The fraction of sp³-hybridized carbons (Fsp3) is 0.367. The van der Waals surface area contributed by atoms with Gasteiger partial charge in [0.15, 0.2) is 0 Å². The van der Waals surface area contributed by atoms with Crippen molar-refractivity contribution in [1.82, 2.24) is 14.5 Å². The molecule has 1 aromatic heterocycles. The van der Waals surface area contributed by atoms with Crippen LogP contribution in [0.4, 0.5) is 0 Å².